The second-order valence-electron chi connectivity index (χ2n) is 0.914. The molecule has 0 heterocycles. The molecule has 0 bridgehead atoms. The largest absolute Gasteiger partial charge is 0.122 e. The molecule has 0 aromatic carbocycles. The standard InChI is InChI=1S/C5H8Cl/c1-2-3-4-5-6/h3-4H,1-2,5H2/b4-3+. The third-order valence-corrected chi connectivity index (χ3v) is 0.601. The van der Waals surface area contributed by atoms with E-state index < -0.39 is 0 Å². The fourth-order valence-electron chi connectivity index (χ4n) is 0.181. The smallest absolute Gasteiger partial charge is 0.0404 e. The maximum atomic E-state index is 5.27. The third kappa shape index (κ3) is 4.03. The fraction of sp³-hybridized carbons (Fsp3) is 0.400. The minimum atomic E-state index is 0.607. The van der Waals surface area contributed by atoms with Crippen LogP contribution in [-0.2, 0) is 0 Å². The van der Waals surface area contributed by atoms with Crippen LogP contribution in [0.25, 0.3) is 0 Å². The maximum absolute atomic E-state index is 5.27. The molecule has 6 heavy (non-hydrogen) atoms. The van der Waals surface area contributed by atoms with Crippen LogP contribution < -0.4 is 0 Å². The van der Waals surface area contributed by atoms with Crippen LogP contribution in [-0.4, -0.2) is 5.88 Å². The lowest BCUT2D eigenvalue weighted by Gasteiger charge is -1.70. The van der Waals surface area contributed by atoms with Crippen molar-refractivity contribution in [3.8, 4) is 0 Å². The van der Waals surface area contributed by atoms with E-state index in [9.17, 15) is 0 Å². The van der Waals surface area contributed by atoms with Gasteiger partial charge in [-0.15, -0.1) is 11.6 Å². The zero-order valence-electron chi connectivity index (χ0n) is 3.65. The molecule has 0 saturated heterocycles. The Balaban J connectivity index is 2.73. The lowest BCUT2D eigenvalue weighted by atomic mass is 10.4. The minimum absolute atomic E-state index is 0.607. The molecule has 0 nitrogen and oxygen atoms in total. The van der Waals surface area contributed by atoms with Crippen molar-refractivity contribution in [3.05, 3.63) is 19.1 Å². The molecule has 0 N–H and O–H groups in total. The molecule has 0 amide bonds. The van der Waals surface area contributed by atoms with Crippen LogP contribution in [0.5, 0.6) is 0 Å². The summed E-state index contributed by atoms with van der Waals surface area (Å²) in [5, 5.41) is 0. The number of hydrogen-bond acceptors (Lipinski definition) is 0. The van der Waals surface area contributed by atoms with Gasteiger partial charge in [-0.3, -0.25) is 0 Å². The van der Waals surface area contributed by atoms with Crippen molar-refractivity contribution >= 4 is 11.6 Å². The zero-order valence-corrected chi connectivity index (χ0v) is 4.41. The van der Waals surface area contributed by atoms with Gasteiger partial charge in [-0.05, 0) is 13.3 Å². The van der Waals surface area contributed by atoms with Crippen LogP contribution in [0.1, 0.15) is 6.42 Å². The maximum Gasteiger partial charge on any atom is 0.0404 e. The summed E-state index contributed by atoms with van der Waals surface area (Å²) in [5.74, 6) is 0.607. The van der Waals surface area contributed by atoms with Gasteiger partial charge in [0.2, 0.25) is 0 Å². The van der Waals surface area contributed by atoms with Gasteiger partial charge in [-0.2, -0.15) is 0 Å². The Morgan fingerprint density at radius 3 is 2.33 bits per heavy atom. The van der Waals surface area contributed by atoms with Crippen molar-refractivity contribution < 1.29 is 0 Å². The minimum Gasteiger partial charge on any atom is -0.122 e. The summed E-state index contributed by atoms with van der Waals surface area (Å²) in [6, 6.07) is 0. The quantitative estimate of drug-likeness (QED) is 0.371. The van der Waals surface area contributed by atoms with Crippen LogP contribution in [0.4, 0.5) is 0 Å². The van der Waals surface area contributed by atoms with Crippen molar-refractivity contribution in [2.45, 2.75) is 6.42 Å². The summed E-state index contributed by atoms with van der Waals surface area (Å²) < 4.78 is 0. The summed E-state index contributed by atoms with van der Waals surface area (Å²) in [7, 11) is 0. The normalized spacial score (nSPS) is 10.3. The number of hydrogen-bond donors (Lipinski definition) is 0. The summed E-state index contributed by atoms with van der Waals surface area (Å²) >= 11 is 5.27. The monoisotopic (exact) mass is 103 g/mol. The van der Waals surface area contributed by atoms with Crippen LogP contribution in [0.3, 0.4) is 0 Å². The fourth-order valence-corrected chi connectivity index (χ4v) is 0.307. The Bertz CT molecular complexity index is 33.2. The average Bonchev–Trinajstić information content (AvgIpc) is 1.61. The number of alkyl halides is 1. The Hall–Kier alpha value is 0.0300. The van der Waals surface area contributed by atoms with E-state index in [1.165, 1.54) is 0 Å². The van der Waals surface area contributed by atoms with Crippen LogP contribution in [0.2, 0.25) is 0 Å². The molecule has 0 aromatic rings. The number of allylic oxidation sites excluding steroid dienone is 2. The van der Waals surface area contributed by atoms with E-state index in [1.807, 2.05) is 12.2 Å². The second-order valence-corrected chi connectivity index (χ2v) is 1.22. The topological polar surface area (TPSA) is 0 Å². The second kappa shape index (κ2) is 5.03. The van der Waals surface area contributed by atoms with Crippen LogP contribution >= 0.6 is 11.6 Å². The molecule has 35 valence electrons. The van der Waals surface area contributed by atoms with E-state index in [0.717, 1.165) is 6.42 Å². The zero-order chi connectivity index (χ0) is 4.83. The van der Waals surface area contributed by atoms with Gasteiger partial charge < -0.3 is 0 Å². The molecule has 0 aliphatic carbocycles. The van der Waals surface area contributed by atoms with Crippen molar-refractivity contribution in [2.75, 3.05) is 5.88 Å². The first-order chi connectivity index (χ1) is 2.91. The van der Waals surface area contributed by atoms with Gasteiger partial charge in [0.15, 0.2) is 0 Å². The number of halogens is 1. The molecular weight excluding hydrogens is 95.5 g/mol. The van der Waals surface area contributed by atoms with E-state index in [0.29, 0.717) is 5.88 Å². The predicted octanol–water partition coefficient (Wildman–Crippen LogP) is 2.01. The van der Waals surface area contributed by atoms with E-state index in [2.05, 4.69) is 6.92 Å². The third-order valence-electron chi connectivity index (χ3n) is 0.422. The first-order valence-corrected chi connectivity index (χ1v) is 2.45. The summed E-state index contributed by atoms with van der Waals surface area (Å²) in [6.07, 6.45) is 4.66. The van der Waals surface area contributed by atoms with Crippen molar-refractivity contribution in [1.82, 2.24) is 0 Å². The van der Waals surface area contributed by atoms with Gasteiger partial charge in [-0.1, -0.05) is 12.2 Å². The molecule has 0 unspecified atom stereocenters. The van der Waals surface area contributed by atoms with E-state index in [-0.39, 0.29) is 0 Å². The predicted molar refractivity (Wildman–Crippen MR) is 29.8 cm³/mol. The van der Waals surface area contributed by atoms with Gasteiger partial charge in [0.05, 0.1) is 0 Å². The highest BCUT2D eigenvalue weighted by Crippen LogP contribution is 1.80. The van der Waals surface area contributed by atoms with Gasteiger partial charge >= 0.3 is 0 Å². The highest BCUT2D eigenvalue weighted by Gasteiger charge is 1.61. The Labute approximate surface area is 43.8 Å². The SMILES string of the molecule is [CH2]C/C=C/CCl. The molecular formula is C5H8Cl. The molecule has 0 aromatic heterocycles. The molecule has 0 rings (SSSR count). The summed E-state index contributed by atoms with van der Waals surface area (Å²) in [5.41, 5.74) is 0. The van der Waals surface area contributed by atoms with Crippen LogP contribution in [0.15, 0.2) is 12.2 Å². The molecule has 0 atom stereocenters. The molecule has 0 fully saturated rings. The molecule has 1 radical (unpaired) electrons. The van der Waals surface area contributed by atoms with Crippen molar-refractivity contribution in [1.29, 1.82) is 0 Å². The highest BCUT2D eigenvalue weighted by molar-refractivity contribution is 6.18. The van der Waals surface area contributed by atoms with Gasteiger partial charge in [-0.25, -0.2) is 0 Å². The van der Waals surface area contributed by atoms with Gasteiger partial charge in [0, 0.05) is 5.88 Å². The Kier molecular flexibility index (Phi) is 5.06. The van der Waals surface area contributed by atoms with E-state index >= 15 is 0 Å². The Morgan fingerprint density at radius 2 is 2.17 bits per heavy atom. The molecule has 0 saturated carbocycles. The van der Waals surface area contributed by atoms with Gasteiger partial charge in [0.25, 0.3) is 0 Å². The van der Waals surface area contributed by atoms with Crippen molar-refractivity contribution in [3.63, 3.8) is 0 Å². The molecule has 0 aliphatic rings. The van der Waals surface area contributed by atoms with Crippen molar-refractivity contribution in [2.24, 2.45) is 0 Å². The average molecular weight is 104 g/mol. The van der Waals surface area contributed by atoms with E-state index in [1.54, 1.807) is 0 Å². The molecule has 0 spiro atoms. The van der Waals surface area contributed by atoms with E-state index in [4.69, 9.17) is 11.6 Å². The summed E-state index contributed by atoms with van der Waals surface area (Å²) in [6.45, 7) is 3.58. The first kappa shape index (κ1) is 6.03. The van der Waals surface area contributed by atoms with Gasteiger partial charge in [0.1, 0.15) is 0 Å². The molecule has 1 heteroatoms. The summed E-state index contributed by atoms with van der Waals surface area (Å²) in [4.78, 5) is 0. The lowest BCUT2D eigenvalue weighted by Crippen LogP contribution is -1.56. The lowest BCUT2D eigenvalue weighted by molar-refractivity contribution is 1.39. The molecule has 0 aliphatic heterocycles. The van der Waals surface area contributed by atoms with Crippen LogP contribution in [0, 0.1) is 6.92 Å². The first-order valence-electron chi connectivity index (χ1n) is 1.92. The number of rotatable bonds is 2. The Morgan fingerprint density at radius 1 is 1.50 bits per heavy atom. The highest BCUT2D eigenvalue weighted by atomic mass is 35.5.